The van der Waals surface area contributed by atoms with Crippen LogP contribution in [-0.2, 0) is 11.9 Å². The van der Waals surface area contributed by atoms with Gasteiger partial charge in [0.2, 0.25) is 0 Å². The maximum atomic E-state index is 13.5. The summed E-state index contributed by atoms with van der Waals surface area (Å²) in [5, 5.41) is 2.65. The van der Waals surface area contributed by atoms with Crippen LogP contribution < -0.4 is 10.1 Å². The van der Waals surface area contributed by atoms with Gasteiger partial charge in [-0.15, -0.1) is 11.8 Å². The van der Waals surface area contributed by atoms with Crippen LogP contribution in [0.2, 0.25) is 5.02 Å². The SMILES string of the molecule is Cc1cc(F)ccc1Oc1cc(C(F)(F)F)c(Cl)cc1C(=O)Nc1ccnc(SCc2ccccc2)c1. The molecule has 4 rings (SSSR count). The van der Waals surface area contributed by atoms with Crippen molar-refractivity contribution in [2.75, 3.05) is 5.32 Å². The number of benzene rings is 3. The number of thioether (sulfide) groups is 1. The number of alkyl halides is 3. The van der Waals surface area contributed by atoms with Crippen LogP contribution in [0.1, 0.15) is 27.0 Å². The predicted octanol–water partition coefficient (Wildman–Crippen LogP) is 8.54. The second kappa shape index (κ2) is 11.2. The zero-order valence-electron chi connectivity index (χ0n) is 19.3. The van der Waals surface area contributed by atoms with Crippen molar-refractivity contribution in [3.8, 4) is 11.5 Å². The minimum atomic E-state index is -4.78. The molecule has 37 heavy (non-hydrogen) atoms. The van der Waals surface area contributed by atoms with E-state index in [1.165, 1.54) is 37.0 Å². The Balaban J connectivity index is 1.61. The monoisotopic (exact) mass is 546 g/mol. The van der Waals surface area contributed by atoms with Crippen molar-refractivity contribution < 1.29 is 27.1 Å². The molecule has 1 aromatic heterocycles. The molecule has 1 N–H and O–H groups in total. The van der Waals surface area contributed by atoms with Gasteiger partial charge < -0.3 is 10.1 Å². The molecule has 0 bridgehead atoms. The number of ether oxygens (including phenoxy) is 1. The van der Waals surface area contributed by atoms with Gasteiger partial charge in [-0.25, -0.2) is 9.37 Å². The van der Waals surface area contributed by atoms with Crippen LogP contribution in [0.15, 0.2) is 84.0 Å². The third-order valence-electron chi connectivity index (χ3n) is 5.20. The van der Waals surface area contributed by atoms with Gasteiger partial charge >= 0.3 is 6.18 Å². The number of amides is 1. The fraction of sp³-hybridized carbons (Fsp3) is 0.111. The van der Waals surface area contributed by atoms with E-state index in [1.807, 2.05) is 30.3 Å². The van der Waals surface area contributed by atoms with Crippen LogP contribution in [0.4, 0.5) is 23.2 Å². The Labute approximate surface area is 219 Å². The molecule has 1 heterocycles. The van der Waals surface area contributed by atoms with E-state index in [0.717, 1.165) is 17.7 Å². The van der Waals surface area contributed by atoms with Crippen molar-refractivity contribution in [2.24, 2.45) is 0 Å². The smallest absolute Gasteiger partial charge is 0.417 e. The lowest BCUT2D eigenvalue weighted by Crippen LogP contribution is -2.15. The molecule has 0 aliphatic carbocycles. The summed E-state index contributed by atoms with van der Waals surface area (Å²) < 4.78 is 59.7. The van der Waals surface area contributed by atoms with E-state index in [2.05, 4.69) is 10.3 Å². The Bertz CT molecular complexity index is 1430. The standard InChI is InChI=1S/C27H19ClF4N2O2S/c1-16-11-18(29)7-8-23(16)36-24-14-21(27(30,31)32)22(28)13-20(24)26(35)34-19-9-10-33-25(12-19)37-15-17-5-3-2-4-6-17/h2-14H,15H2,1H3,(H,33,34,35). The molecule has 3 aromatic carbocycles. The van der Waals surface area contributed by atoms with Crippen molar-refractivity contribution >= 4 is 35.0 Å². The average molecular weight is 547 g/mol. The first-order valence-corrected chi connectivity index (χ1v) is 12.3. The Kier molecular flexibility index (Phi) is 8.04. The van der Waals surface area contributed by atoms with E-state index >= 15 is 0 Å². The quantitative estimate of drug-likeness (QED) is 0.186. The van der Waals surface area contributed by atoms with Crippen LogP contribution in [0, 0.1) is 12.7 Å². The van der Waals surface area contributed by atoms with Gasteiger partial charge in [-0.3, -0.25) is 4.79 Å². The summed E-state index contributed by atoms with van der Waals surface area (Å²) >= 11 is 7.36. The van der Waals surface area contributed by atoms with Crippen molar-refractivity contribution in [3.63, 3.8) is 0 Å². The molecule has 0 aliphatic rings. The fourth-order valence-electron chi connectivity index (χ4n) is 3.37. The summed E-state index contributed by atoms with van der Waals surface area (Å²) in [6, 6.07) is 18.1. The number of nitrogens with zero attached hydrogens (tertiary/aromatic N) is 1. The zero-order chi connectivity index (χ0) is 26.6. The predicted molar refractivity (Wildman–Crippen MR) is 136 cm³/mol. The first kappa shape index (κ1) is 26.5. The van der Waals surface area contributed by atoms with Crippen LogP contribution >= 0.6 is 23.4 Å². The van der Waals surface area contributed by atoms with E-state index in [9.17, 15) is 22.4 Å². The van der Waals surface area contributed by atoms with Crippen molar-refractivity contribution in [3.05, 3.63) is 112 Å². The molecule has 0 saturated heterocycles. The second-order valence-electron chi connectivity index (χ2n) is 7.95. The molecule has 0 aliphatic heterocycles. The first-order chi connectivity index (χ1) is 17.6. The maximum absolute atomic E-state index is 13.5. The van der Waals surface area contributed by atoms with Gasteiger partial charge in [0.1, 0.15) is 17.3 Å². The molecule has 0 saturated carbocycles. The Hall–Kier alpha value is -3.56. The largest absolute Gasteiger partial charge is 0.456 e. The highest BCUT2D eigenvalue weighted by Gasteiger charge is 2.35. The fourth-order valence-corrected chi connectivity index (χ4v) is 4.50. The first-order valence-electron chi connectivity index (χ1n) is 10.9. The highest BCUT2D eigenvalue weighted by atomic mass is 35.5. The van der Waals surface area contributed by atoms with Crippen LogP contribution in [0.5, 0.6) is 11.5 Å². The summed E-state index contributed by atoms with van der Waals surface area (Å²) in [6.45, 7) is 1.53. The van der Waals surface area contributed by atoms with Crippen molar-refractivity contribution in [1.29, 1.82) is 0 Å². The molecule has 190 valence electrons. The lowest BCUT2D eigenvalue weighted by molar-refractivity contribution is -0.137. The number of nitrogens with one attached hydrogen (secondary N) is 1. The number of pyridine rings is 1. The molecule has 4 nitrogen and oxygen atoms in total. The number of halogens is 5. The van der Waals surface area contributed by atoms with E-state index in [-0.39, 0.29) is 17.1 Å². The van der Waals surface area contributed by atoms with Gasteiger partial charge in [-0.1, -0.05) is 41.9 Å². The number of aromatic nitrogens is 1. The number of carbonyl (C=O) groups is 1. The van der Waals surface area contributed by atoms with Crippen LogP contribution in [0.25, 0.3) is 0 Å². The summed E-state index contributed by atoms with van der Waals surface area (Å²) in [4.78, 5) is 17.4. The van der Waals surface area contributed by atoms with Gasteiger partial charge in [0.15, 0.2) is 0 Å². The average Bonchev–Trinajstić information content (AvgIpc) is 2.85. The number of aryl methyl sites for hydroxylation is 1. The zero-order valence-corrected chi connectivity index (χ0v) is 20.8. The molecule has 1 amide bonds. The third kappa shape index (κ3) is 6.81. The minimum Gasteiger partial charge on any atom is -0.456 e. The highest BCUT2D eigenvalue weighted by molar-refractivity contribution is 7.98. The molecular weight excluding hydrogens is 528 g/mol. The summed E-state index contributed by atoms with van der Waals surface area (Å²) in [7, 11) is 0. The minimum absolute atomic E-state index is 0.0920. The van der Waals surface area contributed by atoms with E-state index in [4.69, 9.17) is 16.3 Å². The molecule has 0 atom stereocenters. The van der Waals surface area contributed by atoms with Gasteiger partial charge in [-0.2, -0.15) is 13.2 Å². The highest BCUT2D eigenvalue weighted by Crippen LogP contribution is 2.40. The second-order valence-corrected chi connectivity index (χ2v) is 9.35. The Morgan fingerprint density at radius 1 is 1.03 bits per heavy atom. The number of anilines is 1. The van der Waals surface area contributed by atoms with E-state index < -0.39 is 28.5 Å². The van der Waals surface area contributed by atoms with Gasteiger partial charge in [-0.05, 0) is 60.5 Å². The molecule has 0 spiro atoms. The molecular formula is C27H19ClF4N2O2S. The number of hydrogen-bond donors (Lipinski definition) is 1. The van der Waals surface area contributed by atoms with E-state index in [1.54, 1.807) is 12.1 Å². The lowest BCUT2D eigenvalue weighted by Gasteiger charge is -2.17. The molecule has 0 fully saturated rings. The van der Waals surface area contributed by atoms with Crippen molar-refractivity contribution in [2.45, 2.75) is 23.9 Å². The molecule has 0 radical (unpaired) electrons. The molecule has 4 aromatic rings. The summed E-state index contributed by atoms with van der Waals surface area (Å²) in [5.41, 5.74) is 0.432. The molecule has 0 unspecified atom stereocenters. The lowest BCUT2D eigenvalue weighted by atomic mass is 10.1. The summed E-state index contributed by atoms with van der Waals surface area (Å²) in [5.74, 6) is -0.899. The van der Waals surface area contributed by atoms with Gasteiger partial charge in [0.25, 0.3) is 5.91 Å². The topological polar surface area (TPSA) is 51.2 Å². The Morgan fingerprint density at radius 2 is 1.78 bits per heavy atom. The van der Waals surface area contributed by atoms with E-state index in [0.29, 0.717) is 28.1 Å². The number of hydrogen-bond acceptors (Lipinski definition) is 4. The number of rotatable bonds is 7. The molecule has 10 heteroatoms. The van der Waals surface area contributed by atoms with Gasteiger partial charge in [0, 0.05) is 17.6 Å². The third-order valence-corrected chi connectivity index (χ3v) is 6.51. The summed E-state index contributed by atoms with van der Waals surface area (Å²) in [6.07, 6.45) is -3.26. The maximum Gasteiger partial charge on any atom is 0.417 e. The van der Waals surface area contributed by atoms with Crippen molar-refractivity contribution in [1.82, 2.24) is 4.98 Å². The van der Waals surface area contributed by atoms with Crippen LogP contribution in [0.3, 0.4) is 0 Å². The Morgan fingerprint density at radius 3 is 2.49 bits per heavy atom. The normalized spacial score (nSPS) is 11.3. The van der Waals surface area contributed by atoms with Crippen LogP contribution in [-0.4, -0.2) is 10.9 Å². The van der Waals surface area contributed by atoms with Gasteiger partial charge in [0.05, 0.1) is 21.2 Å². The number of carbonyl (C=O) groups excluding carboxylic acids is 1.